The van der Waals surface area contributed by atoms with Crippen LogP contribution in [-0.2, 0) is 19.4 Å². The van der Waals surface area contributed by atoms with Crippen LogP contribution in [0.5, 0.6) is 0 Å². The average Bonchev–Trinajstić information content (AvgIpc) is 2.77. The summed E-state index contributed by atoms with van der Waals surface area (Å²) in [4.78, 5) is 25.2. The van der Waals surface area contributed by atoms with Crippen LogP contribution in [0.3, 0.4) is 0 Å². The van der Waals surface area contributed by atoms with Crippen LogP contribution >= 0.6 is 0 Å². The number of sulfone groups is 1. The number of rotatable bonds is 3. The molecule has 0 aromatic rings. The second-order valence-electron chi connectivity index (χ2n) is 5.84. The molecule has 1 amide bonds. The molecule has 6 nitrogen and oxygen atoms in total. The van der Waals surface area contributed by atoms with Gasteiger partial charge in [0, 0.05) is 13.1 Å². The van der Waals surface area contributed by atoms with Crippen LogP contribution in [0.4, 0.5) is 0 Å². The number of hydrogen-bond acceptors (Lipinski definition) is 4. The third kappa shape index (κ3) is 3.13. The lowest BCUT2D eigenvalue weighted by atomic mass is 9.78. The van der Waals surface area contributed by atoms with Crippen molar-refractivity contribution < 1.29 is 23.1 Å². The SMILES string of the molecule is CN(C(=O)[C@H]1CCCC[C@H]1C(=O)O)[C@H]1CCS(=O)(=O)C1. The van der Waals surface area contributed by atoms with Crippen molar-refractivity contribution >= 4 is 21.7 Å². The molecule has 1 N–H and O–H groups in total. The summed E-state index contributed by atoms with van der Waals surface area (Å²) in [7, 11) is -1.45. The molecular formula is C13H21NO5S. The van der Waals surface area contributed by atoms with E-state index in [9.17, 15) is 23.1 Å². The molecule has 0 aromatic heterocycles. The van der Waals surface area contributed by atoms with E-state index < -0.39 is 27.6 Å². The predicted molar refractivity (Wildman–Crippen MR) is 72.9 cm³/mol. The largest absolute Gasteiger partial charge is 0.481 e. The maximum absolute atomic E-state index is 12.5. The van der Waals surface area contributed by atoms with E-state index in [4.69, 9.17) is 0 Å². The van der Waals surface area contributed by atoms with Crippen molar-refractivity contribution in [3.05, 3.63) is 0 Å². The first-order valence-corrected chi connectivity index (χ1v) is 8.84. The number of aliphatic carboxylic acids is 1. The first kappa shape index (κ1) is 15.3. The molecule has 0 radical (unpaired) electrons. The van der Waals surface area contributed by atoms with Crippen molar-refractivity contribution in [1.82, 2.24) is 4.90 Å². The molecule has 1 heterocycles. The van der Waals surface area contributed by atoms with Crippen molar-refractivity contribution in [2.45, 2.75) is 38.1 Å². The van der Waals surface area contributed by atoms with Gasteiger partial charge in [-0.2, -0.15) is 0 Å². The summed E-state index contributed by atoms with van der Waals surface area (Å²) in [6, 6.07) is -0.302. The molecule has 2 aliphatic rings. The summed E-state index contributed by atoms with van der Waals surface area (Å²) < 4.78 is 23.0. The third-order valence-corrected chi connectivity index (χ3v) is 6.25. The molecule has 1 aliphatic heterocycles. The number of carbonyl (C=O) groups excluding carboxylic acids is 1. The molecule has 0 unspecified atom stereocenters. The third-order valence-electron chi connectivity index (χ3n) is 4.50. The van der Waals surface area contributed by atoms with E-state index in [0.717, 1.165) is 12.8 Å². The smallest absolute Gasteiger partial charge is 0.307 e. The molecule has 0 bridgehead atoms. The van der Waals surface area contributed by atoms with Crippen molar-refractivity contribution in [3.8, 4) is 0 Å². The van der Waals surface area contributed by atoms with Crippen LogP contribution in [0.15, 0.2) is 0 Å². The number of carboxylic acid groups (broad SMARTS) is 1. The average molecular weight is 303 g/mol. The van der Waals surface area contributed by atoms with E-state index in [1.54, 1.807) is 7.05 Å². The summed E-state index contributed by atoms with van der Waals surface area (Å²) in [5.41, 5.74) is 0. The Morgan fingerprint density at radius 3 is 2.20 bits per heavy atom. The van der Waals surface area contributed by atoms with Gasteiger partial charge in [0.15, 0.2) is 9.84 Å². The first-order chi connectivity index (χ1) is 9.32. The minimum Gasteiger partial charge on any atom is -0.481 e. The van der Waals surface area contributed by atoms with Gasteiger partial charge in [0.1, 0.15) is 0 Å². The van der Waals surface area contributed by atoms with E-state index in [1.807, 2.05) is 0 Å². The summed E-state index contributed by atoms with van der Waals surface area (Å²) in [6.45, 7) is 0. The first-order valence-electron chi connectivity index (χ1n) is 7.02. The van der Waals surface area contributed by atoms with E-state index in [2.05, 4.69) is 0 Å². The lowest BCUT2D eigenvalue weighted by Gasteiger charge is -2.33. The van der Waals surface area contributed by atoms with Crippen LogP contribution in [0, 0.1) is 11.8 Å². The number of amides is 1. The summed E-state index contributed by atoms with van der Waals surface area (Å²) in [5, 5.41) is 9.22. The molecule has 20 heavy (non-hydrogen) atoms. The Morgan fingerprint density at radius 2 is 1.70 bits per heavy atom. The highest BCUT2D eigenvalue weighted by atomic mass is 32.2. The van der Waals surface area contributed by atoms with E-state index in [1.165, 1.54) is 4.90 Å². The van der Waals surface area contributed by atoms with Gasteiger partial charge in [0.25, 0.3) is 0 Å². The van der Waals surface area contributed by atoms with Gasteiger partial charge in [0.2, 0.25) is 5.91 Å². The van der Waals surface area contributed by atoms with E-state index in [0.29, 0.717) is 19.3 Å². The normalized spacial score (nSPS) is 32.8. The highest BCUT2D eigenvalue weighted by molar-refractivity contribution is 7.91. The highest BCUT2D eigenvalue weighted by Crippen LogP contribution is 2.32. The lowest BCUT2D eigenvalue weighted by Crippen LogP contribution is -2.45. The second-order valence-corrected chi connectivity index (χ2v) is 8.07. The molecular weight excluding hydrogens is 282 g/mol. The molecule has 1 saturated carbocycles. The fourth-order valence-corrected chi connectivity index (χ4v) is 5.02. The Balaban J connectivity index is 2.07. The van der Waals surface area contributed by atoms with E-state index >= 15 is 0 Å². The van der Waals surface area contributed by atoms with Gasteiger partial charge in [0.05, 0.1) is 23.3 Å². The summed E-state index contributed by atoms with van der Waals surface area (Å²) in [5.74, 6) is -2.15. The number of nitrogens with zero attached hydrogens (tertiary/aromatic N) is 1. The van der Waals surface area contributed by atoms with Crippen molar-refractivity contribution in [2.24, 2.45) is 11.8 Å². The second kappa shape index (κ2) is 5.71. The van der Waals surface area contributed by atoms with Gasteiger partial charge in [-0.05, 0) is 19.3 Å². The minimum absolute atomic E-state index is 0.000300. The van der Waals surface area contributed by atoms with Gasteiger partial charge in [-0.3, -0.25) is 9.59 Å². The topological polar surface area (TPSA) is 91.8 Å². The molecule has 1 aliphatic carbocycles. The molecule has 0 spiro atoms. The van der Waals surface area contributed by atoms with Crippen molar-refractivity contribution in [3.63, 3.8) is 0 Å². The summed E-state index contributed by atoms with van der Waals surface area (Å²) >= 11 is 0. The Hall–Kier alpha value is -1.11. The molecule has 3 atom stereocenters. The Morgan fingerprint density at radius 1 is 1.10 bits per heavy atom. The van der Waals surface area contributed by atoms with Crippen LogP contribution in [0.2, 0.25) is 0 Å². The Labute approximate surface area is 119 Å². The van der Waals surface area contributed by atoms with Crippen LogP contribution in [-0.4, -0.2) is 54.9 Å². The summed E-state index contributed by atoms with van der Waals surface area (Å²) in [6.07, 6.45) is 3.26. The molecule has 0 aromatic carbocycles. The van der Waals surface area contributed by atoms with Crippen molar-refractivity contribution in [2.75, 3.05) is 18.6 Å². The Bertz CT molecular complexity index is 501. The molecule has 2 rings (SSSR count). The number of carboxylic acids is 1. The zero-order valence-electron chi connectivity index (χ0n) is 11.6. The van der Waals surface area contributed by atoms with Crippen LogP contribution in [0.1, 0.15) is 32.1 Å². The van der Waals surface area contributed by atoms with Gasteiger partial charge in [-0.1, -0.05) is 12.8 Å². The monoisotopic (exact) mass is 303 g/mol. The quantitative estimate of drug-likeness (QED) is 0.821. The Kier molecular flexibility index (Phi) is 4.36. The van der Waals surface area contributed by atoms with Gasteiger partial charge >= 0.3 is 5.97 Å². The van der Waals surface area contributed by atoms with E-state index in [-0.39, 0.29) is 23.5 Å². The van der Waals surface area contributed by atoms with Crippen LogP contribution < -0.4 is 0 Å². The minimum atomic E-state index is -3.04. The molecule has 7 heteroatoms. The number of carbonyl (C=O) groups is 2. The fourth-order valence-electron chi connectivity index (χ4n) is 3.24. The zero-order valence-corrected chi connectivity index (χ0v) is 12.4. The zero-order chi connectivity index (χ0) is 14.9. The van der Waals surface area contributed by atoms with Gasteiger partial charge in [-0.25, -0.2) is 8.42 Å². The maximum Gasteiger partial charge on any atom is 0.307 e. The van der Waals surface area contributed by atoms with Crippen LogP contribution in [0.25, 0.3) is 0 Å². The predicted octanol–water partition coefficient (Wildman–Crippen LogP) is 0.523. The molecule has 1 saturated heterocycles. The maximum atomic E-state index is 12.5. The standard InChI is InChI=1S/C13H21NO5S/c1-14(9-6-7-20(18,19)8-9)12(15)10-4-2-3-5-11(10)13(16)17/h9-11H,2-8H2,1H3,(H,16,17)/t9-,10-,11+/m0/s1. The number of hydrogen-bond donors (Lipinski definition) is 1. The molecule has 2 fully saturated rings. The van der Waals surface area contributed by atoms with Gasteiger partial charge < -0.3 is 10.0 Å². The van der Waals surface area contributed by atoms with Gasteiger partial charge in [-0.15, -0.1) is 0 Å². The van der Waals surface area contributed by atoms with Crippen molar-refractivity contribution in [1.29, 1.82) is 0 Å². The lowest BCUT2D eigenvalue weighted by molar-refractivity contribution is -0.152. The highest BCUT2D eigenvalue weighted by Gasteiger charge is 2.40. The fraction of sp³-hybridized carbons (Fsp3) is 0.846. The molecule has 114 valence electrons.